The first-order valence-corrected chi connectivity index (χ1v) is 9.96. The summed E-state index contributed by atoms with van der Waals surface area (Å²) in [5, 5.41) is 3.08. The zero-order valence-corrected chi connectivity index (χ0v) is 16.2. The lowest BCUT2D eigenvalue weighted by molar-refractivity contribution is -0.122. The molecule has 2 aromatic rings. The monoisotopic (exact) mass is 382 g/mol. The zero-order valence-electron chi connectivity index (χ0n) is 16.2. The number of piperidine rings is 1. The standard InChI is InChI=1S/C23H27FN2O2/c1-2-19(18-8-4-3-5-9-18)22(27)25-16-17-12-14-26(15-13-17)23(28)20-10-6-7-11-21(20)24/h3-11,17,19H,2,12-16H2,1H3,(H,25,27). The number of likely N-dealkylation sites (tertiary alicyclic amines) is 1. The van der Waals surface area contributed by atoms with Crippen LogP contribution in [0.25, 0.3) is 0 Å². The van der Waals surface area contributed by atoms with Gasteiger partial charge in [0.1, 0.15) is 5.82 Å². The summed E-state index contributed by atoms with van der Waals surface area (Å²) in [5.41, 5.74) is 1.16. The SMILES string of the molecule is CCC(C(=O)NCC1CCN(C(=O)c2ccccc2F)CC1)c1ccccc1. The van der Waals surface area contributed by atoms with Gasteiger partial charge in [-0.05, 0) is 42.9 Å². The van der Waals surface area contributed by atoms with Crippen molar-refractivity contribution in [1.82, 2.24) is 10.2 Å². The number of hydrogen-bond acceptors (Lipinski definition) is 2. The summed E-state index contributed by atoms with van der Waals surface area (Å²) in [4.78, 5) is 26.8. The Labute approximate surface area is 165 Å². The molecule has 2 amide bonds. The van der Waals surface area contributed by atoms with Gasteiger partial charge in [0.25, 0.3) is 5.91 Å². The van der Waals surface area contributed by atoms with E-state index in [0.29, 0.717) is 25.6 Å². The molecule has 28 heavy (non-hydrogen) atoms. The van der Waals surface area contributed by atoms with E-state index in [1.807, 2.05) is 37.3 Å². The molecule has 1 aliphatic rings. The lowest BCUT2D eigenvalue weighted by atomic mass is 9.93. The van der Waals surface area contributed by atoms with E-state index in [9.17, 15) is 14.0 Å². The van der Waals surface area contributed by atoms with Crippen molar-refractivity contribution in [2.75, 3.05) is 19.6 Å². The third kappa shape index (κ3) is 4.77. The normalized spacial score (nSPS) is 15.9. The van der Waals surface area contributed by atoms with Crippen LogP contribution in [0.4, 0.5) is 4.39 Å². The van der Waals surface area contributed by atoms with Crippen molar-refractivity contribution in [2.24, 2.45) is 5.92 Å². The Morgan fingerprint density at radius 3 is 2.36 bits per heavy atom. The molecule has 1 fully saturated rings. The van der Waals surface area contributed by atoms with Gasteiger partial charge in [0.2, 0.25) is 5.91 Å². The summed E-state index contributed by atoms with van der Waals surface area (Å²) in [5.74, 6) is -0.478. The molecule has 0 radical (unpaired) electrons. The van der Waals surface area contributed by atoms with Gasteiger partial charge in [-0.25, -0.2) is 4.39 Å². The van der Waals surface area contributed by atoms with E-state index in [2.05, 4.69) is 5.32 Å². The van der Waals surface area contributed by atoms with Crippen molar-refractivity contribution in [3.8, 4) is 0 Å². The van der Waals surface area contributed by atoms with Crippen molar-refractivity contribution >= 4 is 11.8 Å². The van der Waals surface area contributed by atoms with Crippen LogP contribution in [0.1, 0.15) is 48.0 Å². The average molecular weight is 382 g/mol. The smallest absolute Gasteiger partial charge is 0.256 e. The highest BCUT2D eigenvalue weighted by Gasteiger charge is 2.26. The summed E-state index contributed by atoms with van der Waals surface area (Å²) in [6.07, 6.45) is 2.37. The van der Waals surface area contributed by atoms with Crippen LogP contribution in [0.2, 0.25) is 0 Å². The maximum absolute atomic E-state index is 13.8. The lowest BCUT2D eigenvalue weighted by Gasteiger charge is -2.32. The van der Waals surface area contributed by atoms with Crippen LogP contribution in [-0.2, 0) is 4.79 Å². The van der Waals surface area contributed by atoms with E-state index >= 15 is 0 Å². The molecule has 1 saturated heterocycles. The zero-order chi connectivity index (χ0) is 19.9. The minimum atomic E-state index is -0.478. The molecule has 0 saturated carbocycles. The Bertz CT molecular complexity index is 801. The Morgan fingerprint density at radius 1 is 1.07 bits per heavy atom. The van der Waals surface area contributed by atoms with Crippen LogP contribution in [0.3, 0.4) is 0 Å². The summed E-state index contributed by atoms with van der Waals surface area (Å²) < 4.78 is 13.8. The van der Waals surface area contributed by atoms with Gasteiger partial charge in [-0.2, -0.15) is 0 Å². The number of hydrogen-bond donors (Lipinski definition) is 1. The molecule has 4 nitrogen and oxygen atoms in total. The van der Waals surface area contributed by atoms with Gasteiger partial charge < -0.3 is 10.2 Å². The van der Waals surface area contributed by atoms with Crippen molar-refractivity contribution in [1.29, 1.82) is 0 Å². The second-order valence-corrected chi connectivity index (χ2v) is 7.33. The van der Waals surface area contributed by atoms with Gasteiger partial charge in [-0.15, -0.1) is 0 Å². The minimum absolute atomic E-state index is 0.0542. The molecule has 1 N–H and O–H groups in total. The maximum Gasteiger partial charge on any atom is 0.256 e. The number of amides is 2. The van der Waals surface area contributed by atoms with E-state index < -0.39 is 5.82 Å². The van der Waals surface area contributed by atoms with Crippen LogP contribution < -0.4 is 5.32 Å². The molecule has 1 atom stereocenters. The van der Waals surface area contributed by atoms with Gasteiger partial charge in [0.05, 0.1) is 11.5 Å². The molecule has 0 aliphatic carbocycles. The molecule has 1 aliphatic heterocycles. The van der Waals surface area contributed by atoms with Crippen LogP contribution >= 0.6 is 0 Å². The largest absolute Gasteiger partial charge is 0.355 e. The van der Waals surface area contributed by atoms with Crippen LogP contribution in [-0.4, -0.2) is 36.3 Å². The number of carbonyl (C=O) groups excluding carboxylic acids is 2. The predicted molar refractivity (Wildman–Crippen MR) is 108 cm³/mol. The minimum Gasteiger partial charge on any atom is -0.355 e. The molecule has 0 aromatic heterocycles. The third-order valence-corrected chi connectivity index (χ3v) is 5.50. The number of carbonyl (C=O) groups is 2. The Morgan fingerprint density at radius 2 is 1.71 bits per heavy atom. The number of nitrogens with zero attached hydrogens (tertiary/aromatic N) is 1. The second-order valence-electron chi connectivity index (χ2n) is 7.33. The van der Waals surface area contributed by atoms with Crippen LogP contribution in [0.15, 0.2) is 54.6 Å². The molecule has 0 bridgehead atoms. The molecule has 2 aromatic carbocycles. The van der Waals surface area contributed by atoms with Gasteiger partial charge in [0, 0.05) is 19.6 Å². The topological polar surface area (TPSA) is 49.4 Å². The van der Waals surface area contributed by atoms with E-state index in [4.69, 9.17) is 0 Å². The highest BCUT2D eigenvalue weighted by Crippen LogP contribution is 2.22. The van der Waals surface area contributed by atoms with E-state index in [1.54, 1.807) is 17.0 Å². The van der Waals surface area contributed by atoms with E-state index in [-0.39, 0.29) is 23.3 Å². The van der Waals surface area contributed by atoms with Gasteiger partial charge >= 0.3 is 0 Å². The molecular formula is C23H27FN2O2. The Kier molecular flexibility index (Phi) is 6.80. The Balaban J connectivity index is 1.48. The van der Waals surface area contributed by atoms with E-state index in [0.717, 1.165) is 24.8 Å². The average Bonchev–Trinajstić information content (AvgIpc) is 2.74. The molecule has 0 spiro atoms. The van der Waals surface area contributed by atoms with Crippen LogP contribution in [0, 0.1) is 11.7 Å². The highest BCUT2D eigenvalue weighted by molar-refractivity contribution is 5.94. The summed E-state index contributed by atoms with van der Waals surface area (Å²) >= 11 is 0. The first-order chi connectivity index (χ1) is 13.6. The maximum atomic E-state index is 13.8. The van der Waals surface area contributed by atoms with Gasteiger partial charge in [-0.3, -0.25) is 9.59 Å². The molecule has 1 unspecified atom stereocenters. The van der Waals surface area contributed by atoms with Gasteiger partial charge in [-0.1, -0.05) is 49.4 Å². The molecule has 5 heteroatoms. The summed E-state index contributed by atoms with van der Waals surface area (Å²) in [6, 6.07) is 15.9. The quantitative estimate of drug-likeness (QED) is 0.821. The number of rotatable bonds is 6. The van der Waals surface area contributed by atoms with Crippen molar-refractivity contribution in [3.63, 3.8) is 0 Å². The highest BCUT2D eigenvalue weighted by atomic mass is 19.1. The molecule has 3 rings (SSSR count). The molecule has 1 heterocycles. The fourth-order valence-corrected chi connectivity index (χ4v) is 3.77. The summed E-state index contributed by atoms with van der Waals surface area (Å²) in [7, 11) is 0. The van der Waals surface area contributed by atoms with Crippen molar-refractivity contribution in [3.05, 3.63) is 71.5 Å². The van der Waals surface area contributed by atoms with Crippen molar-refractivity contribution in [2.45, 2.75) is 32.1 Å². The molecule has 148 valence electrons. The predicted octanol–water partition coefficient (Wildman–Crippen LogP) is 3.99. The third-order valence-electron chi connectivity index (χ3n) is 5.50. The summed E-state index contributed by atoms with van der Waals surface area (Å²) in [6.45, 7) is 3.81. The number of benzene rings is 2. The second kappa shape index (κ2) is 9.49. The fraction of sp³-hybridized carbons (Fsp3) is 0.391. The van der Waals surface area contributed by atoms with Gasteiger partial charge in [0.15, 0.2) is 0 Å². The number of halogens is 1. The lowest BCUT2D eigenvalue weighted by Crippen LogP contribution is -2.42. The van der Waals surface area contributed by atoms with Crippen LogP contribution in [0.5, 0.6) is 0 Å². The number of nitrogens with one attached hydrogen (secondary N) is 1. The van der Waals surface area contributed by atoms with Crippen molar-refractivity contribution < 1.29 is 14.0 Å². The first kappa shape index (κ1) is 20.1. The molecular weight excluding hydrogens is 355 g/mol. The Hall–Kier alpha value is -2.69. The van der Waals surface area contributed by atoms with E-state index in [1.165, 1.54) is 12.1 Å². The first-order valence-electron chi connectivity index (χ1n) is 9.96. The fourth-order valence-electron chi connectivity index (χ4n) is 3.77.